The van der Waals surface area contributed by atoms with Crippen molar-refractivity contribution in [2.45, 2.75) is 25.7 Å². The van der Waals surface area contributed by atoms with E-state index in [4.69, 9.17) is 10.5 Å². The highest BCUT2D eigenvalue weighted by Crippen LogP contribution is 2.12. The number of benzene rings is 2. The van der Waals surface area contributed by atoms with E-state index in [1.165, 1.54) is 24.0 Å². The Morgan fingerprint density at radius 1 is 1.24 bits per heavy atom. The average Bonchev–Trinajstić information content (AvgIpc) is 2.63. The number of amidine groups is 1. The standard InChI is InChI=1S/C19H22FN3OS/c1-2-10-24-13-17-9-8-16(11-18(17)20)12-22-23-19(21)25-14-15-6-4-3-5-7-15/h3-9,11-12H,2,10,13-14H2,1H3,(H2,21,23). The van der Waals surface area contributed by atoms with E-state index in [0.29, 0.717) is 22.9 Å². The zero-order chi connectivity index (χ0) is 17.9. The highest BCUT2D eigenvalue weighted by Gasteiger charge is 2.03. The van der Waals surface area contributed by atoms with Gasteiger partial charge in [-0.1, -0.05) is 61.2 Å². The van der Waals surface area contributed by atoms with Gasteiger partial charge in [0.1, 0.15) is 5.82 Å². The normalized spacial score (nSPS) is 12.0. The molecule has 25 heavy (non-hydrogen) atoms. The topological polar surface area (TPSA) is 60.0 Å². The number of thioether (sulfide) groups is 1. The summed E-state index contributed by atoms with van der Waals surface area (Å²) in [4.78, 5) is 0. The molecule has 0 aliphatic rings. The molecule has 2 rings (SSSR count). The fourth-order valence-corrected chi connectivity index (χ4v) is 2.61. The smallest absolute Gasteiger partial charge is 0.180 e. The summed E-state index contributed by atoms with van der Waals surface area (Å²) in [6.45, 7) is 2.91. The van der Waals surface area contributed by atoms with Crippen LogP contribution in [0.2, 0.25) is 0 Å². The van der Waals surface area contributed by atoms with E-state index in [9.17, 15) is 4.39 Å². The number of hydrogen-bond donors (Lipinski definition) is 1. The van der Waals surface area contributed by atoms with Crippen molar-refractivity contribution in [3.8, 4) is 0 Å². The molecule has 2 N–H and O–H groups in total. The molecule has 0 atom stereocenters. The molecule has 132 valence electrons. The van der Waals surface area contributed by atoms with Gasteiger partial charge in [0.05, 0.1) is 12.8 Å². The lowest BCUT2D eigenvalue weighted by molar-refractivity contribution is 0.119. The number of hydrogen-bond acceptors (Lipinski definition) is 4. The Morgan fingerprint density at radius 2 is 2.04 bits per heavy atom. The molecule has 0 amide bonds. The van der Waals surface area contributed by atoms with Crippen molar-refractivity contribution in [2.75, 3.05) is 6.61 Å². The monoisotopic (exact) mass is 359 g/mol. The molecule has 0 aromatic heterocycles. The van der Waals surface area contributed by atoms with Crippen LogP contribution in [0.1, 0.15) is 30.0 Å². The van der Waals surface area contributed by atoms with Crippen molar-refractivity contribution < 1.29 is 9.13 Å². The first kappa shape index (κ1) is 19.1. The third-order valence-electron chi connectivity index (χ3n) is 3.28. The van der Waals surface area contributed by atoms with Gasteiger partial charge in [0, 0.05) is 17.9 Å². The fraction of sp³-hybridized carbons (Fsp3) is 0.263. The van der Waals surface area contributed by atoms with Crippen LogP contribution in [0.3, 0.4) is 0 Å². The van der Waals surface area contributed by atoms with Crippen molar-refractivity contribution in [3.63, 3.8) is 0 Å². The van der Waals surface area contributed by atoms with E-state index in [2.05, 4.69) is 10.2 Å². The predicted molar refractivity (Wildman–Crippen MR) is 103 cm³/mol. The van der Waals surface area contributed by atoms with Gasteiger partial charge in [0.15, 0.2) is 5.17 Å². The SMILES string of the molecule is CCCOCc1ccc(C=NN=C(N)SCc2ccccc2)cc1F. The third-order valence-corrected chi connectivity index (χ3v) is 4.13. The van der Waals surface area contributed by atoms with Crippen LogP contribution in [0.5, 0.6) is 0 Å². The van der Waals surface area contributed by atoms with Crippen LogP contribution in [-0.2, 0) is 17.1 Å². The molecule has 6 heteroatoms. The Balaban J connectivity index is 1.86. The maximum Gasteiger partial charge on any atom is 0.180 e. The number of halogens is 1. The molecular formula is C19H22FN3OS. The first-order valence-corrected chi connectivity index (χ1v) is 9.07. The largest absolute Gasteiger partial charge is 0.377 e. The average molecular weight is 359 g/mol. The summed E-state index contributed by atoms with van der Waals surface area (Å²) in [6.07, 6.45) is 2.39. The Hall–Kier alpha value is -2.18. The van der Waals surface area contributed by atoms with Crippen molar-refractivity contribution >= 4 is 23.1 Å². The van der Waals surface area contributed by atoms with Crippen LogP contribution in [0.4, 0.5) is 4.39 Å². The summed E-state index contributed by atoms with van der Waals surface area (Å²) < 4.78 is 19.3. The maximum atomic E-state index is 14.0. The lowest BCUT2D eigenvalue weighted by atomic mass is 10.1. The molecule has 0 saturated carbocycles. The number of nitrogens with two attached hydrogens (primary N) is 1. The van der Waals surface area contributed by atoms with Gasteiger partial charge in [0.2, 0.25) is 0 Å². The van der Waals surface area contributed by atoms with Crippen LogP contribution >= 0.6 is 11.8 Å². The third kappa shape index (κ3) is 7.07. The summed E-state index contributed by atoms with van der Waals surface area (Å²) in [5.41, 5.74) is 8.14. The second-order valence-corrected chi connectivity index (χ2v) is 6.36. The molecule has 0 saturated heterocycles. The van der Waals surface area contributed by atoms with Crippen molar-refractivity contribution in [1.29, 1.82) is 0 Å². The molecule has 0 aliphatic carbocycles. The Bertz CT molecular complexity index is 720. The molecule has 0 bridgehead atoms. The van der Waals surface area contributed by atoms with Gasteiger partial charge in [-0.05, 0) is 23.6 Å². The van der Waals surface area contributed by atoms with Crippen molar-refractivity contribution in [2.24, 2.45) is 15.9 Å². The summed E-state index contributed by atoms with van der Waals surface area (Å²) in [6, 6.07) is 14.9. The molecule has 0 aliphatic heterocycles. The van der Waals surface area contributed by atoms with E-state index in [-0.39, 0.29) is 12.4 Å². The zero-order valence-corrected chi connectivity index (χ0v) is 15.0. The summed E-state index contributed by atoms with van der Waals surface area (Å²) in [5.74, 6) is 0.419. The number of rotatable bonds is 8. The van der Waals surface area contributed by atoms with Gasteiger partial charge in [-0.2, -0.15) is 5.10 Å². The minimum atomic E-state index is -0.310. The fourth-order valence-electron chi connectivity index (χ4n) is 2.00. The van der Waals surface area contributed by atoms with Gasteiger partial charge in [-0.15, -0.1) is 5.10 Å². The van der Waals surface area contributed by atoms with Gasteiger partial charge < -0.3 is 10.5 Å². The van der Waals surface area contributed by atoms with Crippen LogP contribution in [0.15, 0.2) is 58.7 Å². The van der Waals surface area contributed by atoms with E-state index < -0.39 is 0 Å². The maximum absolute atomic E-state index is 14.0. The minimum absolute atomic E-state index is 0.276. The van der Waals surface area contributed by atoms with Crippen molar-refractivity contribution in [3.05, 3.63) is 71.0 Å². The second kappa shape index (κ2) is 10.6. The Labute approximate surface area is 152 Å². The van der Waals surface area contributed by atoms with Gasteiger partial charge in [0.25, 0.3) is 0 Å². The predicted octanol–water partition coefficient (Wildman–Crippen LogP) is 4.33. The Kier molecular flexibility index (Phi) is 8.15. The van der Waals surface area contributed by atoms with E-state index in [1.807, 2.05) is 37.3 Å². The zero-order valence-electron chi connectivity index (χ0n) is 14.2. The molecule has 0 radical (unpaired) electrons. The highest BCUT2D eigenvalue weighted by atomic mass is 32.2. The molecule has 2 aromatic rings. The van der Waals surface area contributed by atoms with Crippen LogP contribution < -0.4 is 5.73 Å². The lowest BCUT2D eigenvalue weighted by Crippen LogP contribution is -2.06. The van der Waals surface area contributed by atoms with E-state index in [1.54, 1.807) is 12.1 Å². The summed E-state index contributed by atoms with van der Waals surface area (Å²) in [5, 5.41) is 8.21. The van der Waals surface area contributed by atoms with Crippen LogP contribution in [0.25, 0.3) is 0 Å². The quantitative estimate of drug-likeness (QED) is 0.330. The van der Waals surface area contributed by atoms with Crippen LogP contribution in [0, 0.1) is 5.82 Å². The first-order chi connectivity index (χ1) is 12.2. The molecule has 2 aromatic carbocycles. The first-order valence-electron chi connectivity index (χ1n) is 8.08. The summed E-state index contributed by atoms with van der Waals surface area (Å²) >= 11 is 1.40. The minimum Gasteiger partial charge on any atom is -0.377 e. The van der Waals surface area contributed by atoms with E-state index in [0.717, 1.165) is 17.7 Å². The van der Waals surface area contributed by atoms with Gasteiger partial charge >= 0.3 is 0 Å². The van der Waals surface area contributed by atoms with Crippen LogP contribution in [-0.4, -0.2) is 18.0 Å². The van der Waals surface area contributed by atoms with Gasteiger partial charge in [-0.25, -0.2) is 4.39 Å². The number of ether oxygens (including phenoxy) is 1. The molecule has 0 unspecified atom stereocenters. The van der Waals surface area contributed by atoms with Gasteiger partial charge in [-0.3, -0.25) is 0 Å². The molecule has 4 nitrogen and oxygen atoms in total. The van der Waals surface area contributed by atoms with E-state index >= 15 is 0 Å². The van der Waals surface area contributed by atoms with Crippen molar-refractivity contribution in [1.82, 2.24) is 0 Å². The molecule has 0 spiro atoms. The lowest BCUT2D eigenvalue weighted by Gasteiger charge is -2.04. The summed E-state index contributed by atoms with van der Waals surface area (Å²) in [7, 11) is 0. The second-order valence-electron chi connectivity index (χ2n) is 5.36. The molecule has 0 fully saturated rings. The molecule has 0 heterocycles. The Morgan fingerprint density at radius 3 is 2.76 bits per heavy atom. The number of nitrogens with zero attached hydrogens (tertiary/aromatic N) is 2. The highest BCUT2D eigenvalue weighted by molar-refractivity contribution is 8.13. The molecular weight excluding hydrogens is 337 g/mol.